The molecule has 1 heterocycles. The quantitative estimate of drug-likeness (QED) is 0.210. The van der Waals surface area contributed by atoms with Crippen molar-refractivity contribution >= 4 is 44.6 Å². The minimum absolute atomic E-state index is 0.0926. The van der Waals surface area contributed by atoms with E-state index in [1.807, 2.05) is 19.1 Å². The van der Waals surface area contributed by atoms with Gasteiger partial charge in [0.2, 0.25) is 0 Å². The molecule has 2 aliphatic carbocycles. The summed E-state index contributed by atoms with van der Waals surface area (Å²) < 4.78 is 28.5. The van der Waals surface area contributed by atoms with Gasteiger partial charge in [0.05, 0.1) is 16.6 Å². The lowest BCUT2D eigenvalue weighted by molar-refractivity contribution is 0.102. The van der Waals surface area contributed by atoms with E-state index < -0.39 is 10.0 Å². The van der Waals surface area contributed by atoms with Crippen LogP contribution in [-0.2, 0) is 10.0 Å². The number of aryl methyl sites for hydroxylation is 1. The number of carbonyl (C=O) groups is 1. The Labute approximate surface area is 251 Å². The minimum atomic E-state index is -3.83. The third-order valence-corrected chi connectivity index (χ3v) is 11.0. The number of halogens is 1. The Morgan fingerprint density at radius 2 is 1.67 bits per heavy atom. The van der Waals surface area contributed by atoms with Crippen molar-refractivity contribution in [1.82, 2.24) is 0 Å². The normalized spacial score (nSPS) is 23.9. The summed E-state index contributed by atoms with van der Waals surface area (Å²) in [6, 6.07) is 28.2. The highest BCUT2D eigenvalue weighted by Gasteiger charge is 2.53. The summed E-state index contributed by atoms with van der Waals surface area (Å²) in [5, 5.41) is 7.22. The van der Waals surface area contributed by atoms with Crippen LogP contribution in [0, 0.1) is 24.7 Å². The van der Waals surface area contributed by atoms with Crippen LogP contribution < -0.4 is 15.4 Å². The van der Waals surface area contributed by atoms with Crippen molar-refractivity contribution in [2.75, 3.05) is 15.4 Å². The first-order chi connectivity index (χ1) is 20.3. The Bertz CT molecular complexity index is 1780. The van der Waals surface area contributed by atoms with Gasteiger partial charge in [-0.15, -0.1) is 0 Å². The predicted octanol–water partition coefficient (Wildman–Crippen LogP) is 8.00. The number of amides is 1. The number of fused-ring (bicyclic) bond motifs is 7. The molecule has 4 aromatic carbocycles. The summed E-state index contributed by atoms with van der Waals surface area (Å²) in [5.41, 5.74) is 6.01. The molecule has 3 N–H and O–H groups in total. The fourth-order valence-electron chi connectivity index (χ4n) is 7.45. The smallest absolute Gasteiger partial charge is 0.261 e. The first kappa shape index (κ1) is 27.0. The lowest BCUT2D eigenvalue weighted by Gasteiger charge is -2.43. The molecule has 0 aromatic heterocycles. The van der Waals surface area contributed by atoms with E-state index in [4.69, 9.17) is 11.6 Å². The lowest BCUT2D eigenvalue weighted by Crippen LogP contribution is -2.35. The summed E-state index contributed by atoms with van der Waals surface area (Å²) in [6.07, 6.45) is 3.80. The summed E-state index contributed by atoms with van der Waals surface area (Å²) in [5.74, 6) is 2.11. The van der Waals surface area contributed by atoms with Crippen LogP contribution in [0.25, 0.3) is 0 Å². The van der Waals surface area contributed by atoms with Crippen LogP contribution in [0.1, 0.15) is 58.3 Å². The van der Waals surface area contributed by atoms with Gasteiger partial charge in [-0.05, 0) is 121 Å². The van der Waals surface area contributed by atoms with Gasteiger partial charge >= 0.3 is 0 Å². The molecule has 0 saturated heterocycles. The Kier molecular flexibility index (Phi) is 6.75. The molecule has 5 atom stereocenters. The van der Waals surface area contributed by atoms with Crippen molar-refractivity contribution in [2.24, 2.45) is 17.8 Å². The van der Waals surface area contributed by atoms with Crippen molar-refractivity contribution in [2.45, 2.75) is 43.0 Å². The van der Waals surface area contributed by atoms with Gasteiger partial charge in [0.15, 0.2) is 0 Å². The van der Waals surface area contributed by atoms with Crippen LogP contribution in [0.3, 0.4) is 0 Å². The highest BCUT2D eigenvalue weighted by molar-refractivity contribution is 7.92. The second-order valence-corrected chi connectivity index (χ2v) is 13.9. The number of hydrogen-bond acceptors (Lipinski definition) is 4. The van der Waals surface area contributed by atoms with E-state index in [9.17, 15) is 13.2 Å². The molecule has 4 aromatic rings. The van der Waals surface area contributed by atoms with E-state index in [1.54, 1.807) is 30.3 Å². The van der Waals surface area contributed by atoms with Gasteiger partial charge in [0, 0.05) is 22.0 Å². The van der Waals surface area contributed by atoms with Gasteiger partial charge < -0.3 is 10.6 Å². The van der Waals surface area contributed by atoms with Crippen LogP contribution in [0.15, 0.2) is 95.9 Å². The van der Waals surface area contributed by atoms with E-state index in [-0.39, 0.29) is 16.8 Å². The molecule has 2 saturated carbocycles. The maximum Gasteiger partial charge on any atom is 0.261 e. The first-order valence-electron chi connectivity index (χ1n) is 14.4. The topological polar surface area (TPSA) is 87.3 Å². The minimum Gasteiger partial charge on any atom is -0.378 e. The van der Waals surface area contributed by atoms with Crippen molar-refractivity contribution in [3.05, 3.63) is 118 Å². The second-order valence-electron chi connectivity index (χ2n) is 11.8. The molecule has 2 bridgehead atoms. The Hall–Kier alpha value is -3.81. The SMILES string of the molecule is Cc1ccc(Cl)cc1NS(=O)(=O)c1ccc(NC(=O)c2ccc3c(c2)[C@@H]2[C@H]4CC[C@@H](C4)[C@H]2[C@H](c2ccccc2)N3)cc1. The lowest BCUT2D eigenvalue weighted by atomic mass is 9.68. The van der Waals surface area contributed by atoms with Gasteiger partial charge in [-0.3, -0.25) is 9.52 Å². The Morgan fingerprint density at radius 3 is 2.45 bits per heavy atom. The summed E-state index contributed by atoms with van der Waals surface area (Å²) in [7, 11) is -3.83. The van der Waals surface area contributed by atoms with Crippen molar-refractivity contribution < 1.29 is 13.2 Å². The molecular formula is C34H32ClN3O3S. The molecule has 1 aliphatic heterocycles. The average molecular weight is 598 g/mol. The largest absolute Gasteiger partial charge is 0.378 e. The Balaban J connectivity index is 1.10. The molecule has 1 amide bonds. The van der Waals surface area contributed by atoms with Crippen LogP contribution in [0.2, 0.25) is 5.02 Å². The van der Waals surface area contributed by atoms with Crippen molar-refractivity contribution in [1.29, 1.82) is 0 Å². The molecule has 0 radical (unpaired) electrons. The maximum absolute atomic E-state index is 13.4. The highest BCUT2D eigenvalue weighted by atomic mass is 35.5. The van der Waals surface area contributed by atoms with Gasteiger partial charge in [0.1, 0.15) is 0 Å². The summed E-state index contributed by atoms with van der Waals surface area (Å²) in [6.45, 7) is 1.81. The van der Waals surface area contributed by atoms with E-state index in [1.165, 1.54) is 42.5 Å². The molecule has 0 unspecified atom stereocenters. The van der Waals surface area contributed by atoms with Crippen LogP contribution in [0.5, 0.6) is 0 Å². The second kappa shape index (κ2) is 10.5. The third kappa shape index (κ3) is 4.84. The molecular weight excluding hydrogens is 566 g/mol. The molecule has 2 fully saturated rings. The maximum atomic E-state index is 13.4. The standard InChI is InChI=1S/C34H32ClN3O3S/c1-20-7-11-25(35)19-30(20)38-42(40,41)27-14-12-26(13-15-27)36-34(39)24-10-16-29-28(18-24)31-22-8-9-23(17-22)32(31)33(37-29)21-5-3-2-4-6-21/h2-7,10-16,18-19,22-23,31-33,37-38H,8-9,17H2,1H3,(H,36,39)/t22-,23-,31-,32+,33-/m0/s1. The molecule has 6 nitrogen and oxygen atoms in total. The zero-order valence-corrected chi connectivity index (χ0v) is 24.8. The molecule has 42 heavy (non-hydrogen) atoms. The van der Waals surface area contributed by atoms with Crippen LogP contribution >= 0.6 is 11.6 Å². The Morgan fingerprint density at radius 1 is 0.905 bits per heavy atom. The fourth-order valence-corrected chi connectivity index (χ4v) is 8.74. The third-order valence-electron chi connectivity index (χ3n) is 9.37. The van der Waals surface area contributed by atoms with Gasteiger partial charge in [-0.25, -0.2) is 8.42 Å². The molecule has 3 aliphatic rings. The molecule has 7 rings (SSSR count). The highest BCUT2D eigenvalue weighted by Crippen LogP contribution is 2.63. The summed E-state index contributed by atoms with van der Waals surface area (Å²) >= 11 is 6.05. The van der Waals surface area contributed by atoms with E-state index in [0.717, 1.165) is 11.3 Å². The fraction of sp³-hybridized carbons (Fsp3) is 0.265. The zero-order chi connectivity index (χ0) is 29.0. The number of rotatable bonds is 6. The first-order valence-corrected chi connectivity index (χ1v) is 16.3. The molecule has 0 spiro atoms. The van der Waals surface area contributed by atoms with Gasteiger partial charge in [0.25, 0.3) is 15.9 Å². The molecule has 8 heteroatoms. The van der Waals surface area contributed by atoms with Crippen molar-refractivity contribution in [3.8, 4) is 0 Å². The van der Waals surface area contributed by atoms with Gasteiger partial charge in [-0.2, -0.15) is 0 Å². The average Bonchev–Trinajstić information content (AvgIpc) is 3.62. The number of nitrogens with one attached hydrogen (secondary N) is 3. The molecule has 214 valence electrons. The van der Waals surface area contributed by atoms with E-state index >= 15 is 0 Å². The van der Waals surface area contributed by atoms with E-state index in [0.29, 0.717) is 45.6 Å². The predicted molar refractivity (Wildman–Crippen MR) is 168 cm³/mol. The van der Waals surface area contributed by atoms with Crippen LogP contribution in [-0.4, -0.2) is 14.3 Å². The monoisotopic (exact) mass is 597 g/mol. The number of anilines is 3. The van der Waals surface area contributed by atoms with E-state index in [2.05, 4.69) is 51.8 Å². The number of sulfonamides is 1. The number of benzene rings is 4. The summed E-state index contributed by atoms with van der Waals surface area (Å²) in [4.78, 5) is 13.4. The van der Waals surface area contributed by atoms with Crippen molar-refractivity contribution in [3.63, 3.8) is 0 Å². The van der Waals surface area contributed by atoms with Gasteiger partial charge in [-0.1, -0.05) is 48.0 Å². The zero-order valence-electron chi connectivity index (χ0n) is 23.2. The van der Waals surface area contributed by atoms with Crippen LogP contribution in [0.4, 0.5) is 17.1 Å². The number of hydrogen-bond donors (Lipinski definition) is 3. The number of carbonyl (C=O) groups excluding carboxylic acids is 1.